The Morgan fingerprint density at radius 2 is 1.39 bits per heavy atom. The summed E-state index contributed by atoms with van der Waals surface area (Å²) in [7, 11) is -1.93. The number of methoxy groups -OCH3 is 1. The number of amides is 2. The zero-order valence-electron chi connectivity index (χ0n) is 18.0. The largest absolute Gasteiger partial charge is 0.467 e. The summed E-state index contributed by atoms with van der Waals surface area (Å²) in [4.78, 5) is 38.5. The summed E-state index contributed by atoms with van der Waals surface area (Å²) in [6, 6.07) is 0. The fourth-order valence-electron chi connectivity index (χ4n) is 2.95. The van der Waals surface area contributed by atoms with E-state index in [4.69, 9.17) is 14.2 Å². The fraction of sp³-hybridized carbons (Fsp3) is 0.833. The highest BCUT2D eigenvalue weighted by molar-refractivity contribution is 7.62. The molecule has 2 amide bonds. The molecule has 0 aromatic rings. The van der Waals surface area contributed by atoms with Crippen LogP contribution >= 0.6 is 7.14 Å². The Bertz CT molecular complexity index is 678. The van der Waals surface area contributed by atoms with Crippen LogP contribution in [0.15, 0.2) is 0 Å². The van der Waals surface area contributed by atoms with E-state index in [1.807, 2.05) is 0 Å². The molecule has 2 atom stereocenters. The molecule has 1 rings (SSSR count). The number of imide groups is 1. The van der Waals surface area contributed by atoms with Gasteiger partial charge in [-0.2, -0.15) is 4.90 Å². The van der Waals surface area contributed by atoms with Crippen molar-refractivity contribution < 1.29 is 37.5 Å². The van der Waals surface area contributed by atoms with E-state index in [1.165, 1.54) is 13.3 Å². The van der Waals surface area contributed by atoms with E-state index < -0.39 is 60.3 Å². The SMILES string of the molecule is COC(=O)C1(N(C(=O)OC(C)(C)C)C(=O)OC(C)(C)C)C[C@@]1(F)CP(C)(C)=O. The molecule has 28 heavy (non-hydrogen) atoms. The van der Waals surface area contributed by atoms with Crippen LogP contribution in [0.3, 0.4) is 0 Å². The van der Waals surface area contributed by atoms with Crippen LogP contribution < -0.4 is 0 Å². The molecule has 0 saturated heterocycles. The summed E-state index contributed by atoms with van der Waals surface area (Å²) < 4.78 is 43.1. The molecule has 0 spiro atoms. The lowest BCUT2D eigenvalue weighted by molar-refractivity contribution is -0.150. The van der Waals surface area contributed by atoms with Crippen molar-refractivity contribution in [3.8, 4) is 0 Å². The lowest BCUT2D eigenvalue weighted by atomic mass is 10.1. The Balaban J connectivity index is 3.50. The second-order valence-corrected chi connectivity index (χ2v) is 13.0. The van der Waals surface area contributed by atoms with Gasteiger partial charge in [0.15, 0.2) is 11.2 Å². The van der Waals surface area contributed by atoms with Crippen LogP contribution in [0.1, 0.15) is 48.0 Å². The number of halogens is 1. The molecule has 10 heteroatoms. The van der Waals surface area contributed by atoms with Gasteiger partial charge in [0, 0.05) is 12.6 Å². The summed E-state index contributed by atoms with van der Waals surface area (Å²) in [5, 5.41) is 0. The first kappa shape index (κ1) is 24.4. The van der Waals surface area contributed by atoms with E-state index in [2.05, 4.69) is 0 Å². The van der Waals surface area contributed by atoms with Gasteiger partial charge >= 0.3 is 18.2 Å². The van der Waals surface area contributed by atoms with E-state index in [9.17, 15) is 18.9 Å². The van der Waals surface area contributed by atoms with Crippen molar-refractivity contribution in [3.63, 3.8) is 0 Å². The Morgan fingerprint density at radius 1 is 1.00 bits per heavy atom. The number of hydrogen-bond acceptors (Lipinski definition) is 7. The molecular weight excluding hydrogens is 392 g/mol. The molecule has 1 fully saturated rings. The van der Waals surface area contributed by atoms with Crippen LogP contribution in [0.4, 0.5) is 14.0 Å². The second kappa shape index (κ2) is 7.32. The molecule has 0 bridgehead atoms. The van der Waals surface area contributed by atoms with Crippen molar-refractivity contribution in [1.82, 2.24) is 4.90 Å². The van der Waals surface area contributed by atoms with Crippen molar-refractivity contribution in [3.05, 3.63) is 0 Å². The van der Waals surface area contributed by atoms with Crippen molar-refractivity contribution in [1.29, 1.82) is 0 Å². The molecule has 0 radical (unpaired) electrons. The normalized spacial score (nSPS) is 24.9. The molecule has 1 unspecified atom stereocenters. The highest BCUT2D eigenvalue weighted by Gasteiger charge is 2.81. The number of carbonyl (C=O) groups is 3. The van der Waals surface area contributed by atoms with E-state index >= 15 is 4.39 Å². The van der Waals surface area contributed by atoms with Gasteiger partial charge in [-0.05, 0) is 54.9 Å². The smallest absolute Gasteiger partial charge is 0.420 e. The highest BCUT2D eigenvalue weighted by atomic mass is 31.2. The van der Waals surface area contributed by atoms with E-state index in [0.29, 0.717) is 4.90 Å². The van der Waals surface area contributed by atoms with Crippen molar-refractivity contribution in [2.45, 2.75) is 70.4 Å². The van der Waals surface area contributed by atoms with Gasteiger partial charge in [0.1, 0.15) is 11.2 Å². The third-order valence-corrected chi connectivity index (χ3v) is 5.10. The first-order chi connectivity index (χ1) is 12.3. The van der Waals surface area contributed by atoms with Crippen LogP contribution in [0.5, 0.6) is 0 Å². The molecule has 0 aromatic carbocycles. The van der Waals surface area contributed by atoms with Gasteiger partial charge in [0.25, 0.3) is 0 Å². The van der Waals surface area contributed by atoms with Crippen LogP contribution in [0.2, 0.25) is 0 Å². The van der Waals surface area contributed by atoms with Crippen LogP contribution in [-0.2, 0) is 23.6 Å². The van der Waals surface area contributed by atoms with Crippen LogP contribution in [0.25, 0.3) is 0 Å². The van der Waals surface area contributed by atoms with Crippen LogP contribution in [0, 0.1) is 0 Å². The number of esters is 1. The average Bonchev–Trinajstić information content (AvgIpc) is 2.96. The molecule has 0 heterocycles. The van der Waals surface area contributed by atoms with Gasteiger partial charge in [-0.3, -0.25) is 0 Å². The minimum Gasteiger partial charge on any atom is -0.467 e. The minimum atomic E-state index is -2.95. The third-order valence-electron chi connectivity index (χ3n) is 3.84. The van der Waals surface area contributed by atoms with Gasteiger partial charge in [0.05, 0.1) is 14.3 Å². The van der Waals surface area contributed by atoms with Crippen LogP contribution in [-0.4, -0.2) is 72.1 Å². The maximum absolute atomic E-state index is 15.7. The first-order valence-electron chi connectivity index (χ1n) is 8.85. The summed E-state index contributed by atoms with van der Waals surface area (Å²) in [5.74, 6) is -1.14. The first-order valence-corrected chi connectivity index (χ1v) is 11.6. The summed E-state index contributed by atoms with van der Waals surface area (Å²) in [5.41, 5.74) is -6.75. The predicted octanol–water partition coefficient (Wildman–Crippen LogP) is 3.81. The number of carbonyl (C=O) groups excluding carboxylic acids is 3. The van der Waals surface area contributed by atoms with Crippen molar-refractivity contribution >= 4 is 25.3 Å². The molecule has 0 N–H and O–H groups in total. The highest BCUT2D eigenvalue weighted by Crippen LogP contribution is 2.62. The summed E-state index contributed by atoms with van der Waals surface area (Å²) >= 11 is 0. The van der Waals surface area contributed by atoms with Crippen molar-refractivity contribution in [2.24, 2.45) is 0 Å². The maximum atomic E-state index is 15.7. The lowest BCUT2D eigenvalue weighted by Gasteiger charge is -2.33. The Kier molecular flexibility index (Phi) is 6.38. The van der Waals surface area contributed by atoms with Gasteiger partial charge in [-0.15, -0.1) is 0 Å². The van der Waals surface area contributed by atoms with Gasteiger partial charge < -0.3 is 18.8 Å². The monoisotopic (exact) mass is 423 g/mol. The summed E-state index contributed by atoms with van der Waals surface area (Å²) in [6.07, 6.45) is -3.53. The Morgan fingerprint density at radius 3 is 1.68 bits per heavy atom. The zero-order chi connectivity index (χ0) is 22.3. The molecule has 1 aliphatic carbocycles. The minimum absolute atomic E-state index is 0.338. The predicted molar refractivity (Wildman–Crippen MR) is 102 cm³/mol. The molecule has 0 aliphatic heterocycles. The number of rotatable bonds is 4. The van der Waals surface area contributed by atoms with E-state index in [-0.39, 0.29) is 0 Å². The Labute approximate surface area is 165 Å². The van der Waals surface area contributed by atoms with Gasteiger partial charge in [0.2, 0.25) is 0 Å². The molecule has 8 nitrogen and oxygen atoms in total. The molecule has 1 saturated carbocycles. The van der Waals surface area contributed by atoms with E-state index in [1.54, 1.807) is 41.5 Å². The molecule has 0 aromatic heterocycles. The quantitative estimate of drug-likeness (QED) is 0.385. The van der Waals surface area contributed by atoms with Gasteiger partial charge in [-0.1, -0.05) is 0 Å². The van der Waals surface area contributed by atoms with Crippen molar-refractivity contribution in [2.75, 3.05) is 26.6 Å². The molecular formula is C18H31FNO7P. The number of alkyl halides is 1. The number of hydrogen-bond donors (Lipinski definition) is 0. The number of nitrogens with zero attached hydrogens (tertiary/aromatic N) is 1. The Hall–Kier alpha value is -1.63. The maximum Gasteiger partial charge on any atom is 0.420 e. The van der Waals surface area contributed by atoms with Gasteiger partial charge in [-0.25, -0.2) is 18.8 Å². The third kappa shape index (κ3) is 5.46. The number of ether oxygens (including phenoxy) is 3. The molecule has 1 aliphatic rings. The van der Waals surface area contributed by atoms with E-state index in [0.717, 1.165) is 7.11 Å². The second-order valence-electron chi connectivity index (χ2n) is 9.52. The molecule has 162 valence electrons. The lowest BCUT2D eigenvalue weighted by Crippen LogP contribution is -2.57. The standard InChI is InChI=1S/C18H31FNO7P/c1-15(2,3)26-13(22)20(14(23)27-16(4,5)6)18(12(21)25-7)10-17(18,19)11-28(8,9)24/h10-11H2,1-9H3/t17-,18?/m1/s1. The summed E-state index contributed by atoms with van der Waals surface area (Å²) in [6.45, 7) is 12.1. The zero-order valence-corrected chi connectivity index (χ0v) is 18.9. The fourth-order valence-corrected chi connectivity index (χ4v) is 4.53. The average molecular weight is 423 g/mol. The topological polar surface area (TPSA) is 99.2 Å².